The van der Waals surface area contributed by atoms with Gasteiger partial charge in [0.1, 0.15) is 0 Å². The third-order valence-electron chi connectivity index (χ3n) is 5.20. The molecule has 2 saturated heterocycles. The molecular formula is C18H36N4OS. The van der Waals surface area contributed by atoms with Gasteiger partial charge in [-0.15, -0.1) is 0 Å². The predicted molar refractivity (Wildman–Crippen MR) is 105 cm³/mol. The summed E-state index contributed by atoms with van der Waals surface area (Å²) in [7, 11) is 1.87. The summed E-state index contributed by atoms with van der Waals surface area (Å²) in [6, 6.07) is 0.472. The normalized spacial score (nSPS) is 27.2. The summed E-state index contributed by atoms with van der Waals surface area (Å²) in [5, 5.41) is 7.17. The first-order chi connectivity index (χ1) is 11.7. The van der Waals surface area contributed by atoms with Crippen molar-refractivity contribution in [3.05, 3.63) is 0 Å². The van der Waals surface area contributed by atoms with Crippen LogP contribution in [-0.2, 0) is 4.74 Å². The summed E-state index contributed by atoms with van der Waals surface area (Å²) >= 11 is 2.08. The van der Waals surface area contributed by atoms with E-state index in [4.69, 9.17) is 4.74 Å². The van der Waals surface area contributed by atoms with E-state index in [-0.39, 0.29) is 5.54 Å². The van der Waals surface area contributed by atoms with Gasteiger partial charge < -0.3 is 15.4 Å². The molecule has 2 rings (SSSR count). The van der Waals surface area contributed by atoms with Crippen molar-refractivity contribution in [2.24, 2.45) is 4.99 Å². The Labute approximate surface area is 152 Å². The van der Waals surface area contributed by atoms with E-state index in [0.29, 0.717) is 6.04 Å². The van der Waals surface area contributed by atoms with Crippen molar-refractivity contribution in [2.45, 2.75) is 57.5 Å². The van der Waals surface area contributed by atoms with Crippen molar-refractivity contribution in [1.82, 2.24) is 15.5 Å². The highest BCUT2D eigenvalue weighted by Gasteiger charge is 2.40. The van der Waals surface area contributed by atoms with Gasteiger partial charge in [0.15, 0.2) is 5.96 Å². The molecule has 2 unspecified atom stereocenters. The van der Waals surface area contributed by atoms with E-state index in [9.17, 15) is 0 Å². The summed E-state index contributed by atoms with van der Waals surface area (Å²) in [4.78, 5) is 7.08. The molecule has 140 valence electrons. The van der Waals surface area contributed by atoms with Gasteiger partial charge in [-0.3, -0.25) is 9.89 Å². The van der Waals surface area contributed by atoms with E-state index in [1.165, 1.54) is 43.6 Å². The summed E-state index contributed by atoms with van der Waals surface area (Å²) in [5.74, 6) is 3.42. The van der Waals surface area contributed by atoms with Crippen LogP contribution in [0.5, 0.6) is 0 Å². The summed E-state index contributed by atoms with van der Waals surface area (Å²) in [5.41, 5.74) is 0.261. The van der Waals surface area contributed by atoms with Crippen LogP contribution < -0.4 is 10.6 Å². The fraction of sp³-hybridized carbons (Fsp3) is 0.944. The van der Waals surface area contributed by atoms with Crippen LogP contribution in [-0.4, -0.2) is 73.8 Å². The van der Waals surface area contributed by atoms with Crippen LogP contribution in [0, 0.1) is 0 Å². The Balaban J connectivity index is 1.83. The average molecular weight is 357 g/mol. The standard InChI is InChI=1S/C18H36N4OS/c1-4-5-6-7-16(2)21-17(19-3)20-14-18(8-13-24-15-18)22-9-11-23-12-10-22/h16H,4-15H2,1-3H3,(H2,19,20,21). The van der Waals surface area contributed by atoms with Crippen LogP contribution in [0.3, 0.4) is 0 Å². The Kier molecular flexibility index (Phi) is 8.70. The Morgan fingerprint density at radius 1 is 1.33 bits per heavy atom. The fourth-order valence-electron chi connectivity index (χ4n) is 3.58. The number of rotatable bonds is 8. The highest BCUT2D eigenvalue weighted by atomic mass is 32.2. The van der Waals surface area contributed by atoms with E-state index in [1.54, 1.807) is 0 Å². The molecule has 0 aliphatic carbocycles. The first-order valence-corrected chi connectivity index (χ1v) is 10.7. The highest BCUT2D eigenvalue weighted by Crippen LogP contribution is 2.33. The summed E-state index contributed by atoms with van der Waals surface area (Å²) in [6.07, 6.45) is 6.34. The lowest BCUT2D eigenvalue weighted by Gasteiger charge is -2.43. The van der Waals surface area contributed by atoms with E-state index < -0.39 is 0 Å². The molecule has 0 aromatic carbocycles. The summed E-state index contributed by atoms with van der Waals surface area (Å²) < 4.78 is 5.55. The van der Waals surface area contributed by atoms with Crippen molar-refractivity contribution in [3.8, 4) is 0 Å². The average Bonchev–Trinajstić information content (AvgIpc) is 3.10. The largest absolute Gasteiger partial charge is 0.379 e. The topological polar surface area (TPSA) is 48.9 Å². The van der Waals surface area contributed by atoms with E-state index >= 15 is 0 Å². The van der Waals surface area contributed by atoms with E-state index in [1.807, 2.05) is 7.05 Å². The van der Waals surface area contributed by atoms with Crippen LogP contribution in [0.25, 0.3) is 0 Å². The second kappa shape index (κ2) is 10.5. The molecule has 2 aliphatic heterocycles. The molecule has 0 amide bonds. The Morgan fingerprint density at radius 2 is 2.12 bits per heavy atom. The number of nitrogens with one attached hydrogen (secondary N) is 2. The van der Waals surface area contributed by atoms with Gasteiger partial charge >= 0.3 is 0 Å². The number of hydrogen-bond donors (Lipinski definition) is 2. The van der Waals surface area contributed by atoms with Gasteiger partial charge in [0.25, 0.3) is 0 Å². The number of unbranched alkanes of at least 4 members (excludes halogenated alkanes) is 2. The molecular weight excluding hydrogens is 320 g/mol. The minimum absolute atomic E-state index is 0.261. The maximum absolute atomic E-state index is 5.55. The molecule has 2 N–H and O–H groups in total. The van der Waals surface area contributed by atoms with Crippen LogP contribution in [0.4, 0.5) is 0 Å². The lowest BCUT2D eigenvalue weighted by Crippen LogP contribution is -2.60. The molecule has 5 nitrogen and oxygen atoms in total. The third-order valence-corrected chi connectivity index (χ3v) is 6.43. The zero-order chi connectivity index (χ0) is 17.3. The second-order valence-electron chi connectivity index (χ2n) is 7.09. The zero-order valence-electron chi connectivity index (χ0n) is 15.8. The van der Waals surface area contributed by atoms with Gasteiger partial charge in [-0.05, 0) is 25.5 Å². The molecule has 24 heavy (non-hydrogen) atoms. The monoisotopic (exact) mass is 356 g/mol. The van der Waals surface area contributed by atoms with Crippen LogP contribution in [0.1, 0.15) is 46.0 Å². The van der Waals surface area contributed by atoms with Crippen molar-refractivity contribution >= 4 is 17.7 Å². The van der Waals surface area contributed by atoms with Crippen LogP contribution in [0.15, 0.2) is 4.99 Å². The van der Waals surface area contributed by atoms with Gasteiger partial charge in [0, 0.05) is 44.0 Å². The van der Waals surface area contributed by atoms with E-state index in [0.717, 1.165) is 38.8 Å². The molecule has 0 aromatic heterocycles. The van der Waals surface area contributed by atoms with Gasteiger partial charge in [-0.25, -0.2) is 0 Å². The molecule has 2 atom stereocenters. The first-order valence-electron chi connectivity index (χ1n) is 9.58. The van der Waals surface area contributed by atoms with Crippen molar-refractivity contribution in [3.63, 3.8) is 0 Å². The second-order valence-corrected chi connectivity index (χ2v) is 8.20. The number of aliphatic imine (C=N–C) groups is 1. The smallest absolute Gasteiger partial charge is 0.191 e. The highest BCUT2D eigenvalue weighted by molar-refractivity contribution is 7.99. The Morgan fingerprint density at radius 3 is 2.75 bits per heavy atom. The molecule has 2 heterocycles. The molecule has 0 bridgehead atoms. The third kappa shape index (κ3) is 5.81. The number of morpholine rings is 1. The number of guanidine groups is 1. The minimum atomic E-state index is 0.261. The lowest BCUT2D eigenvalue weighted by atomic mass is 9.95. The Hall–Kier alpha value is -0.460. The zero-order valence-corrected chi connectivity index (χ0v) is 16.6. The van der Waals surface area contributed by atoms with Crippen LogP contribution in [0.2, 0.25) is 0 Å². The molecule has 0 aromatic rings. The van der Waals surface area contributed by atoms with Crippen molar-refractivity contribution in [1.29, 1.82) is 0 Å². The summed E-state index contributed by atoms with van der Waals surface area (Å²) in [6.45, 7) is 9.33. The molecule has 0 spiro atoms. The lowest BCUT2D eigenvalue weighted by molar-refractivity contribution is -0.0120. The number of thioether (sulfide) groups is 1. The predicted octanol–water partition coefficient (Wildman–Crippen LogP) is 2.33. The first kappa shape index (κ1) is 19.9. The van der Waals surface area contributed by atoms with Crippen molar-refractivity contribution in [2.75, 3.05) is 51.4 Å². The van der Waals surface area contributed by atoms with Gasteiger partial charge in [0.2, 0.25) is 0 Å². The van der Waals surface area contributed by atoms with E-state index in [2.05, 4.69) is 46.1 Å². The maximum Gasteiger partial charge on any atom is 0.191 e. The SMILES string of the molecule is CCCCCC(C)NC(=NC)NCC1(N2CCOCC2)CCSC1. The number of nitrogens with zero attached hydrogens (tertiary/aromatic N) is 2. The number of ether oxygens (including phenoxy) is 1. The van der Waals surface area contributed by atoms with Gasteiger partial charge in [-0.1, -0.05) is 26.2 Å². The number of hydrogen-bond acceptors (Lipinski definition) is 4. The minimum Gasteiger partial charge on any atom is -0.379 e. The molecule has 0 radical (unpaired) electrons. The maximum atomic E-state index is 5.55. The van der Waals surface area contributed by atoms with Gasteiger partial charge in [-0.2, -0.15) is 11.8 Å². The molecule has 2 fully saturated rings. The quantitative estimate of drug-likeness (QED) is 0.397. The van der Waals surface area contributed by atoms with Crippen LogP contribution >= 0.6 is 11.8 Å². The molecule has 6 heteroatoms. The molecule has 2 aliphatic rings. The Bertz CT molecular complexity index is 379. The van der Waals surface area contributed by atoms with Crippen molar-refractivity contribution < 1.29 is 4.74 Å². The molecule has 0 saturated carbocycles. The van der Waals surface area contributed by atoms with Gasteiger partial charge in [0.05, 0.1) is 13.2 Å². The fourth-order valence-corrected chi connectivity index (χ4v) is 5.06.